The Morgan fingerprint density at radius 2 is 1.87 bits per heavy atom. The van der Waals surface area contributed by atoms with Gasteiger partial charge in [-0.3, -0.25) is 4.90 Å². The van der Waals surface area contributed by atoms with Gasteiger partial charge in [-0.05, 0) is 56.2 Å². The molecule has 1 fully saturated rings. The first-order valence-corrected chi connectivity index (χ1v) is 11.4. The van der Waals surface area contributed by atoms with E-state index in [-0.39, 0.29) is 6.04 Å². The molecule has 0 saturated carbocycles. The summed E-state index contributed by atoms with van der Waals surface area (Å²) in [5.41, 5.74) is 3.13. The molecule has 1 aliphatic rings. The summed E-state index contributed by atoms with van der Waals surface area (Å²) in [6.45, 7) is 9.82. The SMILES string of the molecule is Cc1ccccc1NC(=S)N(CCCN1CCOCC1)[C@H](C)c1cc2ccccc2o1. The van der Waals surface area contributed by atoms with Crippen molar-refractivity contribution in [2.75, 3.05) is 44.7 Å². The molecule has 3 aromatic rings. The topological polar surface area (TPSA) is 40.9 Å². The number of furan rings is 1. The van der Waals surface area contributed by atoms with Crippen LogP contribution in [0.1, 0.15) is 30.7 Å². The summed E-state index contributed by atoms with van der Waals surface area (Å²) < 4.78 is 11.6. The molecule has 2 aromatic carbocycles. The number of para-hydroxylation sites is 2. The summed E-state index contributed by atoms with van der Waals surface area (Å²) in [5.74, 6) is 0.932. The highest BCUT2D eigenvalue weighted by Gasteiger charge is 2.23. The second-order valence-corrected chi connectivity index (χ2v) is 8.50. The molecule has 5 nitrogen and oxygen atoms in total. The van der Waals surface area contributed by atoms with Crippen molar-refractivity contribution in [3.05, 3.63) is 65.9 Å². The molecule has 4 rings (SSSR count). The van der Waals surface area contributed by atoms with Crippen molar-refractivity contribution in [2.24, 2.45) is 0 Å². The number of fused-ring (bicyclic) bond motifs is 1. The van der Waals surface area contributed by atoms with E-state index in [2.05, 4.69) is 53.2 Å². The number of hydrogen-bond donors (Lipinski definition) is 1. The van der Waals surface area contributed by atoms with Crippen LogP contribution in [0.2, 0.25) is 0 Å². The van der Waals surface area contributed by atoms with Crippen molar-refractivity contribution in [3.63, 3.8) is 0 Å². The van der Waals surface area contributed by atoms with Gasteiger partial charge in [0.25, 0.3) is 0 Å². The molecule has 1 N–H and O–H groups in total. The molecule has 2 heterocycles. The van der Waals surface area contributed by atoms with Gasteiger partial charge in [-0.2, -0.15) is 0 Å². The van der Waals surface area contributed by atoms with Gasteiger partial charge in [0.15, 0.2) is 5.11 Å². The molecule has 31 heavy (non-hydrogen) atoms. The minimum absolute atomic E-state index is 0.0288. The summed E-state index contributed by atoms with van der Waals surface area (Å²) in [5, 5.41) is 5.31. The number of nitrogens with one attached hydrogen (secondary N) is 1. The van der Waals surface area contributed by atoms with Crippen LogP contribution in [0.15, 0.2) is 59.0 Å². The fourth-order valence-electron chi connectivity index (χ4n) is 4.02. The first kappa shape index (κ1) is 21.8. The van der Waals surface area contributed by atoms with Crippen molar-refractivity contribution in [2.45, 2.75) is 26.3 Å². The number of nitrogens with zero attached hydrogens (tertiary/aromatic N) is 2. The Kier molecular flexibility index (Phi) is 7.22. The molecule has 164 valence electrons. The number of anilines is 1. The van der Waals surface area contributed by atoms with Crippen molar-refractivity contribution in [1.29, 1.82) is 0 Å². The van der Waals surface area contributed by atoms with Crippen LogP contribution in [0, 0.1) is 6.92 Å². The third-order valence-electron chi connectivity index (χ3n) is 5.95. The average molecular weight is 438 g/mol. The predicted molar refractivity (Wildman–Crippen MR) is 131 cm³/mol. The lowest BCUT2D eigenvalue weighted by atomic mass is 10.1. The van der Waals surface area contributed by atoms with Crippen LogP contribution in [-0.2, 0) is 4.74 Å². The Balaban J connectivity index is 1.50. The third-order valence-corrected chi connectivity index (χ3v) is 6.29. The summed E-state index contributed by atoms with van der Waals surface area (Å²) in [7, 11) is 0. The molecule has 0 unspecified atom stereocenters. The van der Waals surface area contributed by atoms with Gasteiger partial charge in [0.05, 0.1) is 19.3 Å². The summed E-state index contributed by atoms with van der Waals surface area (Å²) in [6.07, 6.45) is 1.03. The van der Waals surface area contributed by atoms with Crippen LogP contribution in [0.4, 0.5) is 5.69 Å². The van der Waals surface area contributed by atoms with Crippen LogP contribution in [0.3, 0.4) is 0 Å². The third kappa shape index (κ3) is 5.45. The maximum Gasteiger partial charge on any atom is 0.174 e. The number of hydrogen-bond acceptors (Lipinski definition) is 4. The molecule has 0 amide bonds. The maximum absolute atomic E-state index is 6.18. The number of thiocarbonyl (C=S) groups is 1. The van der Waals surface area contributed by atoms with Gasteiger partial charge < -0.3 is 19.4 Å². The molecule has 1 aliphatic heterocycles. The number of ether oxygens (including phenoxy) is 1. The number of rotatable bonds is 7. The molecular formula is C25H31N3O2S. The second-order valence-electron chi connectivity index (χ2n) is 8.11. The standard InChI is InChI=1S/C25H31N3O2S/c1-19-8-3-5-10-22(19)26-25(31)28(13-7-12-27-14-16-29-17-15-27)20(2)24-18-21-9-4-6-11-23(21)30-24/h3-6,8-11,18,20H,7,12-17H2,1-2H3,(H,26,31)/t20-/m1/s1. The Bertz CT molecular complexity index is 980. The fourth-order valence-corrected chi connectivity index (χ4v) is 4.38. The van der Waals surface area contributed by atoms with Crippen LogP contribution >= 0.6 is 12.2 Å². The maximum atomic E-state index is 6.18. The van der Waals surface area contributed by atoms with Crippen molar-refractivity contribution >= 4 is 34.0 Å². The molecule has 0 aliphatic carbocycles. The summed E-state index contributed by atoms with van der Waals surface area (Å²) in [4.78, 5) is 4.71. The zero-order valence-corrected chi connectivity index (χ0v) is 19.2. The largest absolute Gasteiger partial charge is 0.459 e. The number of aryl methyl sites for hydroxylation is 1. The monoisotopic (exact) mass is 437 g/mol. The summed E-state index contributed by atoms with van der Waals surface area (Å²) >= 11 is 5.88. The van der Waals surface area contributed by atoms with E-state index < -0.39 is 0 Å². The lowest BCUT2D eigenvalue weighted by molar-refractivity contribution is 0.0365. The van der Waals surface area contributed by atoms with Gasteiger partial charge >= 0.3 is 0 Å². The highest BCUT2D eigenvalue weighted by molar-refractivity contribution is 7.80. The fraction of sp³-hybridized carbons (Fsp3) is 0.400. The highest BCUT2D eigenvalue weighted by Crippen LogP contribution is 2.28. The van der Waals surface area contributed by atoms with E-state index in [1.807, 2.05) is 30.3 Å². The van der Waals surface area contributed by atoms with Crippen molar-refractivity contribution in [1.82, 2.24) is 9.80 Å². The minimum atomic E-state index is 0.0288. The van der Waals surface area contributed by atoms with Gasteiger partial charge in [0, 0.05) is 37.3 Å². The molecule has 1 saturated heterocycles. The Labute approximate surface area is 190 Å². The molecule has 0 spiro atoms. The van der Waals surface area contributed by atoms with E-state index >= 15 is 0 Å². The van der Waals surface area contributed by atoms with E-state index in [1.54, 1.807) is 0 Å². The molecular weight excluding hydrogens is 406 g/mol. The van der Waals surface area contributed by atoms with Gasteiger partial charge in [-0.15, -0.1) is 0 Å². The number of morpholine rings is 1. The Morgan fingerprint density at radius 1 is 1.13 bits per heavy atom. The van der Waals surface area contributed by atoms with E-state index in [1.165, 1.54) is 5.56 Å². The Hall–Kier alpha value is -2.41. The van der Waals surface area contributed by atoms with Gasteiger partial charge in [-0.25, -0.2) is 0 Å². The van der Waals surface area contributed by atoms with E-state index in [0.717, 1.165) is 73.3 Å². The van der Waals surface area contributed by atoms with Crippen molar-refractivity contribution in [3.8, 4) is 0 Å². The average Bonchev–Trinajstić information content (AvgIpc) is 3.23. The quantitative estimate of drug-likeness (QED) is 0.511. The predicted octanol–water partition coefficient (Wildman–Crippen LogP) is 5.22. The van der Waals surface area contributed by atoms with Crippen LogP contribution in [0.25, 0.3) is 11.0 Å². The van der Waals surface area contributed by atoms with Gasteiger partial charge in [0.1, 0.15) is 11.3 Å². The molecule has 6 heteroatoms. The van der Waals surface area contributed by atoms with Crippen molar-refractivity contribution < 1.29 is 9.15 Å². The van der Waals surface area contributed by atoms with E-state index in [4.69, 9.17) is 21.4 Å². The van der Waals surface area contributed by atoms with Crippen LogP contribution in [0.5, 0.6) is 0 Å². The zero-order chi connectivity index (χ0) is 21.6. The summed E-state index contributed by atoms with van der Waals surface area (Å²) in [6, 6.07) is 18.5. The van der Waals surface area contributed by atoms with Crippen LogP contribution < -0.4 is 5.32 Å². The second kappa shape index (κ2) is 10.3. The zero-order valence-electron chi connectivity index (χ0n) is 18.3. The van der Waals surface area contributed by atoms with Gasteiger partial charge in [0.2, 0.25) is 0 Å². The van der Waals surface area contributed by atoms with E-state index in [0.29, 0.717) is 0 Å². The van der Waals surface area contributed by atoms with E-state index in [9.17, 15) is 0 Å². The smallest absolute Gasteiger partial charge is 0.174 e. The lowest BCUT2D eigenvalue weighted by Crippen LogP contribution is -2.41. The Morgan fingerprint density at radius 3 is 2.65 bits per heavy atom. The normalized spacial score (nSPS) is 15.7. The molecule has 1 aromatic heterocycles. The van der Waals surface area contributed by atoms with Gasteiger partial charge in [-0.1, -0.05) is 36.4 Å². The molecule has 0 bridgehead atoms. The first-order chi connectivity index (χ1) is 15.1. The molecule has 1 atom stereocenters. The highest BCUT2D eigenvalue weighted by atomic mass is 32.1. The first-order valence-electron chi connectivity index (χ1n) is 11.0. The lowest BCUT2D eigenvalue weighted by Gasteiger charge is -2.32. The number of benzene rings is 2. The molecule has 0 radical (unpaired) electrons. The van der Waals surface area contributed by atoms with Crippen LogP contribution in [-0.4, -0.2) is 54.3 Å². The minimum Gasteiger partial charge on any atom is -0.459 e.